The Morgan fingerprint density at radius 3 is 3.04 bits per heavy atom. The van der Waals surface area contributed by atoms with Crippen molar-refractivity contribution in [1.29, 1.82) is 0 Å². The number of nitrogens with zero attached hydrogens (tertiary/aromatic N) is 2. The molecular weight excluding hydrogens is 395 g/mol. The number of benzene rings is 2. The van der Waals surface area contributed by atoms with Gasteiger partial charge in [0.2, 0.25) is 0 Å². The molecule has 0 aliphatic carbocycles. The molecule has 1 aromatic heterocycles. The van der Waals surface area contributed by atoms with E-state index in [2.05, 4.69) is 11.9 Å². The number of thioether (sulfide) groups is 1. The Bertz CT molecular complexity index is 985. The SMILES string of the molecule is CCSc1cccc(C(=O)N(CC2CCCO2)c2nc3ccc(F)cc3s2)c1. The van der Waals surface area contributed by atoms with Gasteiger partial charge in [0.25, 0.3) is 5.91 Å². The van der Waals surface area contributed by atoms with Crippen molar-refractivity contribution in [2.75, 3.05) is 23.8 Å². The first-order chi connectivity index (χ1) is 13.6. The van der Waals surface area contributed by atoms with Gasteiger partial charge in [0.1, 0.15) is 5.82 Å². The number of hydrogen-bond donors (Lipinski definition) is 0. The molecule has 3 aromatic rings. The summed E-state index contributed by atoms with van der Waals surface area (Å²) in [5.41, 5.74) is 1.32. The number of anilines is 1. The third-order valence-corrected chi connectivity index (χ3v) is 6.53. The third kappa shape index (κ3) is 4.21. The van der Waals surface area contributed by atoms with Gasteiger partial charge in [-0.15, -0.1) is 11.8 Å². The molecule has 4 rings (SSSR count). The number of carbonyl (C=O) groups excluding carboxylic acids is 1. The van der Waals surface area contributed by atoms with Crippen molar-refractivity contribution in [2.45, 2.75) is 30.8 Å². The summed E-state index contributed by atoms with van der Waals surface area (Å²) in [6.07, 6.45) is 1.93. The van der Waals surface area contributed by atoms with Gasteiger partial charge in [-0.1, -0.05) is 24.3 Å². The monoisotopic (exact) mass is 416 g/mol. The Morgan fingerprint density at radius 1 is 1.36 bits per heavy atom. The van der Waals surface area contributed by atoms with E-state index in [4.69, 9.17) is 4.74 Å². The predicted octanol–water partition coefficient (Wildman–Crippen LogP) is 5.37. The third-order valence-electron chi connectivity index (χ3n) is 4.62. The van der Waals surface area contributed by atoms with E-state index >= 15 is 0 Å². The molecule has 0 bridgehead atoms. The molecule has 4 nitrogen and oxygen atoms in total. The molecule has 2 heterocycles. The van der Waals surface area contributed by atoms with E-state index in [1.165, 1.54) is 23.5 Å². The van der Waals surface area contributed by atoms with Crippen molar-refractivity contribution in [3.63, 3.8) is 0 Å². The summed E-state index contributed by atoms with van der Waals surface area (Å²) >= 11 is 3.04. The van der Waals surface area contributed by atoms with E-state index in [-0.39, 0.29) is 17.8 Å². The van der Waals surface area contributed by atoms with Gasteiger partial charge in [-0.2, -0.15) is 0 Å². The lowest BCUT2D eigenvalue weighted by atomic mass is 10.2. The minimum absolute atomic E-state index is 0.000831. The van der Waals surface area contributed by atoms with Crippen LogP contribution in [0.25, 0.3) is 10.2 Å². The Labute approximate surface area is 171 Å². The molecule has 146 valence electrons. The standard InChI is InChI=1S/C21H21FN2O2S2/c1-2-27-17-7-3-5-14(11-17)20(25)24(13-16-6-4-10-26-16)21-23-18-9-8-15(22)12-19(18)28-21/h3,5,7-9,11-12,16H,2,4,6,10,13H2,1H3. The zero-order valence-corrected chi connectivity index (χ0v) is 17.2. The van der Waals surface area contributed by atoms with Crippen LogP contribution in [0.5, 0.6) is 0 Å². The minimum Gasteiger partial charge on any atom is -0.376 e. The van der Waals surface area contributed by atoms with Crippen LogP contribution in [0.4, 0.5) is 9.52 Å². The second-order valence-corrected chi connectivity index (χ2v) is 8.97. The Hall–Kier alpha value is -1.96. The lowest BCUT2D eigenvalue weighted by Gasteiger charge is -2.23. The summed E-state index contributed by atoms with van der Waals surface area (Å²) in [7, 11) is 0. The number of aromatic nitrogens is 1. The predicted molar refractivity (Wildman–Crippen MR) is 113 cm³/mol. The van der Waals surface area contributed by atoms with E-state index in [1.54, 1.807) is 22.7 Å². The lowest BCUT2D eigenvalue weighted by Crippen LogP contribution is -2.37. The highest BCUT2D eigenvalue weighted by Gasteiger charge is 2.27. The van der Waals surface area contributed by atoms with E-state index in [0.717, 1.165) is 34.8 Å². The second kappa shape index (κ2) is 8.59. The van der Waals surface area contributed by atoms with Crippen molar-refractivity contribution in [3.05, 3.63) is 53.8 Å². The van der Waals surface area contributed by atoms with Gasteiger partial charge in [0, 0.05) is 17.1 Å². The highest BCUT2D eigenvalue weighted by Crippen LogP contribution is 2.32. The number of ether oxygens (including phenoxy) is 1. The fourth-order valence-corrected chi connectivity index (χ4v) is 5.00. The van der Waals surface area contributed by atoms with Crippen LogP contribution in [0.3, 0.4) is 0 Å². The molecule has 1 atom stereocenters. The average Bonchev–Trinajstić information content (AvgIpc) is 3.35. The summed E-state index contributed by atoms with van der Waals surface area (Å²) in [5, 5.41) is 0.578. The maximum Gasteiger partial charge on any atom is 0.260 e. The van der Waals surface area contributed by atoms with Crippen LogP contribution in [0.2, 0.25) is 0 Å². The number of rotatable bonds is 6. The molecule has 1 aliphatic heterocycles. The number of fused-ring (bicyclic) bond motifs is 1. The summed E-state index contributed by atoms with van der Waals surface area (Å²) in [5.74, 6) is 0.540. The van der Waals surface area contributed by atoms with Gasteiger partial charge >= 0.3 is 0 Å². The summed E-state index contributed by atoms with van der Waals surface area (Å²) in [4.78, 5) is 20.7. The molecule has 0 spiro atoms. The van der Waals surface area contributed by atoms with Gasteiger partial charge < -0.3 is 4.74 Å². The number of halogens is 1. The van der Waals surface area contributed by atoms with Crippen LogP contribution in [0, 0.1) is 5.82 Å². The largest absolute Gasteiger partial charge is 0.376 e. The van der Waals surface area contributed by atoms with Crippen molar-refractivity contribution in [1.82, 2.24) is 4.98 Å². The Morgan fingerprint density at radius 2 is 2.25 bits per heavy atom. The number of hydrogen-bond acceptors (Lipinski definition) is 5. The number of amides is 1. The van der Waals surface area contributed by atoms with Crippen molar-refractivity contribution in [3.8, 4) is 0 Å². The molecular formula is C21H21FN2O2S2. The average molecular weight is 417 g/mol. The molecule has 0 radical (unpaired) electrons. The molecule has 28 heavy (non-hydrogen) atoms. The summed E-state index contributed by atoms with van der Waals surface area (Å²) in [6.45, 7) is 3.26. The van der Waals surface area contributed by atoms with Crippen LogP contribution in [-0.2, 0) is 4.74 Å². The number of carbonyl (C=O) groups is 1. The van der Waals surface area contributed by atoms with Crippen LogP contribution in [0.15, 0.2) is 47.4 Å². The van der Waals surface area contributed by atoms with Gasteiger partial charge in [-0.25, -0.2) is 9.37 Å². The molecule has 1 aliphatic rings. The van der Waals surface area contributed by atoms with Crippen LogP contribution >= 0.6 is 23.1 Å². The van der Waals surface area contributed by atoms with E-state index in [0.29, 0.717) is 22.8 Å². The highest BCUT2D eigenvalue weighted by molar-refractivity contribution is 7.99. The molecule has 1 amide bonds. The maximum absolute atomic E-state index is 13.6. The van der Waals surface area contributed by atoms with Gasteiger partial charge in [-0.3, -0.25) is 9.69 Å². The smallest absolute Gasteiger partial charge is 0.260 e. The first kappa shape index (κ1) is 19.4. The van der Waals surface area contributed by atoms with Crippen molar-refractivity contribution >= 4 is 44.4 Å². The first-order valence-corrected chi connectivity index (χ1v) is 11.2. The van der Waals surface area contributed by atoms with Gasteiger partial charge in [-0.05, 0) is 55.0 Å². The number of thiazole rings is 1. The summed E-state index contributed by atoms with van der Waals surface area (Å²) < 4.78 is 20.1. The van der Waals surface area contributed by atoms with Crippen LogP contribution in [0.1, 0.15) is 30.1 Å². The van der Waals surface area contributed by atoms with Crippen molar-refractivity contribution in [2.24, 2.45) is 0 Å². The van der Waals surface area contributed by atoms with Gasteiger partial charge in [0.05, 0.1) is 22.9 Å². The van der Waals surface area contributed by atoms with Crippen molar-refractivity contribution < 1.29 is 13.9 Å². The topological polar surface area (TPSA) is 42.4 Å². The normalized spacial score (nSPS) is 16.6. The molecule has 1 saturated heterocycles. The van der Waals surface area contributed by atoms with Crippen LogP contribution < -0.4 is 4.90 Å². The highest BCUT2D eigenvalue weighted by atomic mass is 32.2. The fraction of sp³-hybridized carbons (Fsp3) is 0.333. The zero-order chi connectivity index (χ0) is 19.5. The van der Waals surface area contributed by atoms with E-state index in [1.807, 2.05) is 24.3 Å². The van der Waals surface area contributed by atoms with E-state index < -0.39 is 0 Å². The first-order valence-electron chi connectivity index (χ1n) is 9.36. The maximum atomic E-state index is 13.6. The molecule has 0 N–H and O–H groups in total. The quantitative estimate of drug-likeness (QED) is 0.507. The second-order valence-electron chi connectivity index (χ2n) is 6.62. The Kier molecular flexibility index (Phi) is 5.94. The minimum atomic E-state index is -0.302. The van der Waals surface area contributed by atoms with Crippen LogP contribution in [-0.4, -0.2) is 35.9 Å². The molecule has 0 saturated carbocycles. The zero-order valence-electron chi connectivity index (χ0n) is 15.6. The molecule has 7 heteroatoms. The van der Waals surface area contributed by atoms with E-state index in [9.17, 15) is 9.18 Å². The van der Waals surface area contributed by atoms with Gasteiger partial charge in [0.15, 0.2) is 5.13 Å². The molecule has 1 unspecified atom stereocenters. The summed E-state index contributed by atoms with van der Waals surface area (Å²) in [6, 6.07) is 12.2. The molecule has 1 fully saturated rings. The Balaban J connectivity index is 1.69. The fourth-order valence-electron chi connectivity index (χ4n) is 3.28. The molecule has 2 aromatic carbocycles. The lowest BCUT2D eigenvalue weighted by molar-refractivity contribution is 0.0917.